The SMILES string of the molecule is Cc1ccc(-c2nc(C3CCNCC3)n[nH]2)nc1C.Cl. The van der Waals surface area contributed by atoms with Crippen LogP contribution in [0.2, 0.25) is 0 Å². The molecule has 1 fully saturated rings. The van der Waals surface area contributed by atoms with Gasteiger partial charge in [-0.05, 0) is 51.4 Å². The lowest BCUT2D eigenvalue weighted by Gasteiger charge is -2.19. The van der Waals surface area contributed by atoms with Gasteiger partial charge in [-0.3, -0.25) is 5.10 Å². The fourth-order valence-corrected chi connectivity index (χ4v) is 2.41. The Morgan fingerprint density at radius 1 is 1.10 bits per heavy atom. The molecule has 0 spiro atoms. The molecule has 2 aromatic rings. The Morgan fingerprint density at radius 2 is 1.85 bits per heavy atom. The number of hydrogen-bond donors (Lipinski definition) is 2. The molecule has 0 radical (unpaired) electrons. The highest BCUT2D eigenvalue weighted by atomic mass is 35.5. The molecular formula is C14H20ClN5. The number of nitrogens with one attached hydrogen (secondary N) is 2. The Kier molecular flexibility index (Phi) is 4.73. The molecule has 0 amide bonds. The maximum atomic E-state index is 4.62. The average Bonchev–Trinajstić information content (AvgIpc) is 2.93. The van der Waals surface area contributed by atoms with Crippen molar-refractivity contribution in [3.8, 4) is 11.5 Å². The summed E-state index contributed by atoms with van der Waals surface area (Å²) in [6, 6.07) is 4.07. The number of halogens is 1. The Hall–Kier alpha value is -1.46. The number of H-pyrrole nitrogens is 1. The van der Waals surface area contributed by atoms with Crippen LogP contribution in [-0.4, -0.2) is 33.3 Å². The Bertz CT molecular complexity index is 575. The van der Waals surface area contributed by atoms with Crippen molar-refractivity contribution in [1.29, 1.82) is 0 Å². The summed E-state index contributed by atoms with van der Waals surface area (Å²) in [6.45, 7) is 6.18. The minimum atomic E-state index is 0. The lowest BCUT2D eigenvalue weighted by Crippen LogP contribution is -2.27. The van der Waals surface area contributed by atoms with Crippen molar-refractivity contribution >= 4 is 12.4 Å². The van der Waals surface area contributed by atoms with E-state index < -0.39 is 0 Å². The van der Waals surface area contributed by atoms with E-state index in [1.165, 1.54) is 5.56 Å². The lowest BCUT2D eigenvalue weighted by molar-refractivity contribution is 0.446. The topological polar surface area (TPSA) is 66.5 Å². The van der Waals surface area contributed by atoms with Crippen LogP contribution in [0.15, 0.2) is 12.1 Å². The zero-order valence-corrected chi connectivity index (χ0v) is 12.6. The molecule has 108 valence electrons. The fraction of sp³-hybridized carbons (Fsp3) is 0.500. The van der Waals surface area contributed by atoms with Crippen LogP contribution in [0, 0.1) is 13.8 Å². The van der Waals surface area contributed by atoms with Crippen LogP contribution in [0.3, 0.4) is 0 Å². The fourth-order valence-electron chi connectivity index (χ4n) is 2.41. The Labute approximate surface area is 125 Å². The van der Waals surface area contributed by atoms with Gasteiger partial charge in [0.1, 0.15) is 5.69 Å². The monoisotopic (exact) mass is 293 g/mol. The summed E-state index contributed by atoms with van der Waals surface area (Å²) in [5, 5.41) is 10.7. The van der Waals surface area contributed by atoms with E-state index in [9.17, 15) is 0 Å². The first kappa shape index (κ1) is 14.9. The minimum absolute atomic E-state index is 0. The normalized spacial score (nSPS) is 15.9. The molecule has 0 bridgehead atoms. The first-order valence-electron chi connectivity index (χ1n) is 6.81. The third kappa shape index (κ3) is 2.99. The van der Waals surface area contributed by atoms with Gasteiger partial charge in [0.2, 0.25) is 0 Å². The van der Waals surface area contributed by atoms with Crippen molar-refractivity contribution in [2.24, 2.45) is 0 Å². The molecule has 20 heavy (non-hydrogen) atoms. The van der Waals surface area contributed by atoms with Crippen LogP contribution in [0.5, 0.6) is 0 Å². The van der Waals surface area contributed by atoms with Gasteiger partial charge in [-0.2, -0.15) is 5.10 Å². The van der Waals surface area contributed by atoms with Crippen molar-refractivity contribution in [1.82, 2.24) is 25.5 Å². The van der Waals surface area contributed by atoms with E-state index in [1.807, 2.05) is 13.0 Å². The molecule has 1 aliphatic heterocycles. The third-order valence-electron chi connectivity index (χ3n) is 3.80. The zero-order valence-electron chi connectivity index (χ0n) is 11.8. The molecule has 0 saturated carbocycles. The molecule has 3 heterocycles. The first-order chi connectivity index (χ1) is 9.24. The van der Waals surface area contributed by atoms with Gasteiger partial charge in [0.05, 0.1) is 0 Å². The second-order valence-corrected chi connectivity index (χ2v) is 5.17. The largest absolute Gasteiger partial charge is 0.317 e. The molecule has 1 saturated heterocycles. The molecule has 1 aliphatic rings. The minimum Gasteiger partial charge on any atom is -0.317 e. The summed E-state index contributed by atoms with van der Waals surface area (Å²) in [6.07, 6.45) is 2.22. The van der Waals surface area contributed by atoms with Crippen LogP contribution in [-0.2, 0) is 0 Å². The van der Waals surface area contributed by atoms with Crippen molar-refractivity contribution in [2.45, 2.75) is 32.6 Å². The van der Waals surface area contributed by atoms with Gasteiger partial charge in [0, 0.05) is 11.6 Å². The second kappa shape index (κ2) is 6.33. The smallest absolute Gasteiger partial charge is 0.174 e. The molecular weight excluding hydrogens is 274 g/mol. The van der Waals surface area contributed by atoms with Gasteiger partial charge in [-0.1, -0.05) is 6.07 Å². The summed E-state index contributed by atoms with van der Waals surface area (Å²) in [5.74, 6) is 2.17. The number of piperidine rings is 1. The first-order valence-corrected chi connectivity index (χ1v) is 6.81. The summed E-state index contributed by atoms with van der Waals surface area (Å²) in [5.41, 5.74) is 3.11. The summed E-state index contributed by atoms with van der Waals surface area (Å²) < 4.78 is 0. The number of rotatable bonds is 2. The van der Waals surface area contributed by atoms with Crippen LogP contribution >= 0.6 is 12.4 Å². The van der Waals surface area contributed by atoms with Crippen molar-refractivity contribution in [3.63, 3.8) is 0 Å². The highest BCUT2D eigenvalue weighted by molar-refractivity contribution is 5.85. The van der Waals surface area contributed by atoms with Gasteiger partial charge in [0.15, 0.2) is 11.6 Å². The molecule has 2 aromatic heterocycles. The van der Waals surface area contributed by atoms with E-state index in [0.29, 0.717) is 5.92 Å². The van der Waals surface area contributed by atoms with Crippen molar-refractivity contribution < 1.29 is 0 Å². The van der Waals surface area contributed by atoms with E-state index >= 15 is 0 Å². The highest BCUT2D eigenvalue weighted by Gasteiger charge is 2.20. The van der Waals surface area contributed by atoms with Gasteiger partial charge < -0.3 is 5.32 Å². The highest BCUT2D eigenvalue weighted by Crippen LogP contribution is 2.23. The lowest BCUT2D eigenvalue weighted by atomic mass is 9.98. The molecule has 0 aromatic carbocycles. The number of nitrogens with zero attached hydrogens (tertiary/aromatic N) is 3. The van der Waals surface area contributed by atoms with E-state index in [1.54, 1.807) is 0 Å². The van der Waals surface area contributed by atoms with Crippen LogP contribution in [0.1, 0.15) is 35.8 Å². The van der Waals surface area contributed by atoms with Crippen LogP contribution in [0.25, 0.3) is 11.5 Å². The molecule has 0 atom stereocenters. The molecule has 2 N–H and O–H groups in total. The summed E-state index contributed by atoms with van der Waals surface area (Å²) in [4.78, 5) is 9.17. The third-order valence-corrected chi connectivity index (χ3v) is 3.80. The Morgan fingerprint density at radius 3 is 2.55 bits per heavy atom. The predicted molar refractivity (Wildman–Crippen MR) is 81.2 cm³/mol. The van der Waals surface area contributed by atoms with E-state index in [2.05, 4.69) is 38.5 Å². The molecule has 0 unspecified atom stereocenters. The number of hydrogen-bond acceptors (Lipinski definition) is 4. The Balaban J connectivity index is 0.00000147. The van der Waals surface area contributed by atoms with Gasteiger partial charge in [-0.25, -0.2) is 9.97 Å². The van der Waals surface area contributed by atoms with Crippen molar-refractivity contribution in [2.75, 3.05) is 13.1 Å². The van der Waals surface area contributed by atoms with Crippen molar-refractivity contribution in [3.05, 3.63) is 29.2 Å². The molecule has 5 nitrogen and oxygen atoms in total. The quantitative estimate of drug-likeness (QED) is 0.892. The number of aromatic amines is 1. The van der Waals surface area contributed by atoms with E-state index in [0.717, 1.165) is 49.0 Å². The maximum Gasteiger partial charge on any atom is 0.174 e. The predicted octanol–water partition coefficient (Wildman–Crippen LogP) is 2.37. The number of pyridine rings is 1. The van der Waals surface area contributed by atoms with E-state index in [4.69, 9.17) is 0 Å². The van der Waals surface area contributed by atoms with Gasteiger partial charge >= 0.3 is 0 Å². The summed E-state index contributed by atoms with van der Waals surface area (Å²) >= 11 is 0. The molecule has 6 heteroatoms. The van der Waals surface area contributed by atoms with Crippen LogP contribution in [0.4, 0.5) is 0 Å². The van der Waals surface area contributed by atoms with Gasteiger partial charge in [0.25, 0.3) is 0 Å². The second-order valence-electron chi connectivity index (χ2n) is 5.17. The maximum absolute atomic E-state index is 4.62. The number of aryl methyl sites for hydroxylation is 2. The average molecular weight is 294 g/mol. The molecule has 0 aliphatic carbocycles. The number of aromatic nitrogens is 4. The van der Waals surface area contributed by atoms with Crippen LogP contribution < -0.4 is 5.32 Å². The molecule has 3 rings (SSSR count). The van der Waals surface area contributed by atoms with E-state index in [-0.39, 0.29) is 12.4 Å². The zero-order chi connectivity index (χ0) is 13.2. The van der Waals surface area contributed by atoms with Gasteiger partial charge in [-0.15, -0.1) is 12.4 Å². The standard InChI is InChI=1S/C14H19N5.ClH/c1-9-3-4-12(16-10(9)2)14-17-13(18-19-14)11-5-7-15-8-6-11;/h3-4,11,15H,5-8H2,1-2H3,(H,17,18,19);1H. The summed E-state index contributed by atoms with van der Waals surface area (Å²) in [7, 11) is 0.